The quantitative estimate of drug-likeness (QED) is 0.494. The molecule has 0 radical (unpaired) electrons. The summed E-state index contributed by atoms with van der Waals surface area (Å²) < 4.78 is 6.20. The van der Waals surface area contributed by atoms with Gasteiger partial charge in [-0.3, -0.25) is 14.6 Å². The van der Waals surface area contributed by atoms with Crippen LogP contribution in [0.15, 0.2) is 84.9 Å². The summed E-state index contributed by atoms with van der Waals surface area (Å²) in [5.74, 6) is -0.138. The van der Waals surface area contributed by atoms with E-state index in [1.807, 2.05) is 81.4 Å². The average Bonchev–Trinajstić information content (AvgIpc) is 3.24. The number of nitrogens with zero attached hydrogens (tertiary/aromatic N) is 3. The molecule has 1 unspecified atom stereocenters. The van der Waals surface area contributed by atoms with Crippen LogP contribution in [-0.2, 0) is 16.9 Å². The second kappa shape index (κ2) is 10.1. The first-order chi connectivity index (χ1) is 18.6. The lowest BCUT2D eigenvalue weighted by molar-refractivity contribution is 0.0372. The second-order valence-electron chi connectivity index (χ2n) is 11.0. The Balaban J connectivity index is 1.41. The Kier molecular flexibility index (Phi) is 6.80. The molecule has 0 aliphatic carbocycles. The Morgan fingerprint density at radius 2 is 1.49 bits per heavy atom. The number of benzene rings is 3. The van der Waals surface area contributed by atoms with Crippen molar-refractivity contribution in [2.24, 2.45) is 0 Å². The minimum Gasteiger partial charge on any atom is -0.465 e. The van der Waals surface area contributed by atoms with Gasteiger partial charge in [0.15, 0.2) is 5.60 Å². The number of amides is 3. The highest BCUT2D eigenvalue weighted by Gasteiger charge is 2.58. The van der Waals surface area contributed by atoms with Crippen molar-refractivity contribution in [2.75, 3.05) is 19.6 Å². The number of carbonyl (C=O) groups excluding carboxylic acids is 2. The molecule has 3 amide bonds. The van der Waals surface area contributed by atoms with Crippen molar-refractivity contribution in [2.45, 2.75) is 44.5 Å². The maximum Gasteiger partial charge on any atom is 0.411 e. The van der Waals surface area contributed by atoms with Crippen molar-refractivity contribution in [3.05, 3.63) is 107 Å². The van der Waals surface area contributed by atoms with E-state index in [1.54, 1.807) is 34.1 Å². The molecule has 0 aromatic heterocycles. The zero-order valence-corrected chi connectivity index (χ0v) is 22.4. The van der Waals surface area contributed by atoms with Crippen molar-refractivity contribution in [3.8, 4) is 0 Å². The van der Waals surface area contributed by atoms with E-state index in [-0.39, 0.29) is 18.5 Å². The van der Waals surface area contributed by atoms with Gasteiger partial charge >= 0.3 is 12.2 Å². The highest BCUT2D eigenvalue weighted by molar-refractivity contribution is 5.94. The highest BCUT2D eigenvalue weighted by atomic mass is 16.6. The molecule has 8 nitrogen and oxygen atoms in total. The molecule has 1 N–H and O–H groups in total. The van der Waals surface area contributed by atoms with Crippen LogP contribution in [0.25, 0.3) is 0 Å². The molecule has 8 heteroatoms. The fraction of sp³-hybridized carbons (Fsp3) is 0.323. The molecule has 2 fully saturated rings. The predicted molar refractivity (Wildman–Crippen MR) is 146 cm³/mol. The van der Waals surface area contributed by atoms with E-state index in [4.69, 9.17) is 4.74 Å². The molecule has 0 saturated carbocycles. The van der Waals surface area contributed by atoms with Crippen LogP contribution in [0.1, 0.15) is 47.8 Å². The molecular weight excluding hydrogens is 494 g/mol. The third-order valence-corrected chi connectivity index (χ3v) is 7.61. The number of rotatable bonds is 5. The van der Waals surface area contributed by atoms with Gasteiger partial charge in [-0.1, -0.05) is 72.8 Å². The Morgan fingerprint density at radius 3 is 2.00 bits per heavy atom. The summed E-state index contributed by atoms with van der Waals surface area (Å²) in [7, 11) is 0. The largest absolute Gasteiger partial charge is 0.465 e. The zero-order valence-electron chi connectivity index (χ0n) is 22.4. The molecule has 1 atom stereocenters. The van der Waals surface area contributed by atoms with E-state index in [0.29, 0.717) is 25.2 Å². The third-order valence-electron chi connectivity index (χ3n) is 7.61. The van der Waals surface area contributed by atoms with Crippen LogP contribution in [0.5, 0.6) is 0 Å². The van der Waals surface area contributed by atoms with Crippen molar-refractivity contribution >= 4 is 18.1 Å². The summed E-state index contributed by atoms with van der Waals surface area (Å²) in [4.78, 5) is 43.4. The fourth-order valence-electron chi connectivity index (χ4n) is 5.55. The molecular formula is C31H33N3O5. The maximum absolute atomic E-state index is 13.6. The molecule has 0 spiro atoms. The summed E-state index contributed by atoms with van der Waals surface area (Å²) in [5.41, 5.74) is 1.44. The molecule has 2 saturated heterocycles. The number of carboxylic acid groups (broad SMARTS) is 1. The minimum absolute atomic E-state index is 0.138. The normalized spacial score (nSPS) is 18.3. The first kappa shape index (κ1) is 26.3. The predicted octanol–water partition coefficient (Wildman–Crippen LogP) is 5.19. The maximum atomic E-state index is 13.6. The van der Waals surface area contributed by atoms with E-state index < -0.39 is 23.3 Å². The van der Waals surface area contributed by atoms with Gasteiger partial charge in [-0.15, -0.1) is 0 Å². The molecule has 39 heavy (non-hydrogen) atoms. The summed E-state index contributed by atoms with van der Waals surface area (Å²) in [6.45, 7) is 6.84. The van der Waals surface area contributed by atoms with Crippen LogP contribution in [0.4, 0.5) is 9.59 Å². The van der Waals surface area contributed by atoms with Gasteiger partial charge in [-0.2, -0.15) is 0 Å². The number of hydrogen-bond acceptors (Lipinski definition) is 4. The first-order valence-electron chi connectivity index (χ1n) is 13.1. The molecule has 3 aromatic rings. The summed E-state index contributed by atoms with van der Waals surface area (Å²) in [6, 6.07) is 26.1. The van der Waals surface area contributed by atoms with Crippen LogP contribution < -0.4 is 0 Å². The number of hydrogen-bond donors (Lipinski definition) is 1. The lowest BCUT2D eigenvalue weighted by atomic mass is 9.79. The van der Waals surface area contributed by atoms with Crippen molar-refractivity contribution in [1.29, 1.82) is 0 Å². The monoisotopic (exact) mass is 527 g/mol. The number of ether oxygens (including phenoxy) is 1. The molecule has 202 valence electrons. The minimum atomic E-state index is -1.05. The number of fused-ring (bicyclic) bond motifs is 1. The lowest BCUT2D eigenvalue weighted by Gasteiger charge is -2.42. The van der Waals surface area contributed by atoms with E-state index >= 15 is 0 Å². The van der Waals surface area contributed by atoms with Crippen molar-refractivity contribution in [3.63, 3.8) is 0 Å². The van der Waals surface area contributed by atoms with Crippen molar-refractivity contribution < 1.29 is 24.2 Å². The van der Waals surface area contributed by atoms with E-state index in [1.165, 1.54) is 4.90 Å². The molecule has 2 heterocycles. The van der Waals surface area contributed by atoms with Gasteiger partial charge in [-0.25, -0.2) is 9.59 Å². The van der Waals surface area contributed by atoms with E-state index in [2.05, 4.69) is 0 Å². The number of piperazine rings is 1. The Labute approximate surface area is 228 Å². The Bertz CT molecular complexity index is 1310. The number of cyclic esters (lactones) is 1. The zero-order chi connectivity index (χ0) is 27.8. The van der Waals surface area contributed by atoms with Gasteiger partial charge in [-0.05, 0) is 38.5 Å². The topological polar surface area (TPSA) is 90.4 Å². The van der Waals surface area contributed by atoms with Crippen LogP contribution in [0, 0.1) is 0 Å². The smallest absolute Gasteiger partial charge is 0.411 e. The fourth-order valence-corrected chi connectivity index (χ4v) is 5.55. The van der Waals surface area contributed by atoms with Crippen LogP contribution in [-0.4, -0.2) is 69.1 Å². The standard InChI is InChI=1S/C31H33N3O5/c1-30(2,3)34(28(36)37)20-22-14-16-23(17-15-22)27(35)32-18-19-33-26(21-32)31(39-29(33)38,24-10-6-4-7-11-24)25-12-8-5-9-13-25/h4-17,26H,18-21H2,1-3H3,(H,36,37). The number of carbonyl (C=O) groups is 3. The van der Waals surface area contributed by atoms with Gasteiger partial charge in [0, 0.05) is 48.4 Å². The first-order valence-corrected chi connectivity index (χ1v) is 13.1. The lowest BCUT2D eigenvalue weighted by Crippen LogP contribution is -2.58. The molecule has 5 rings (SSSR count). The van der Waals surface area contributed by atoms with Crippen molar-refractivity contribution in [1.82, 2.24) is 14.7 Å². The summed E-state index contributed by atoms with van der Waals surface area (Å²) >= 11 is 0. The van der Waals surface area contributed by atoms with Gasteiger partial charge in [0.2, 0.25) is 0 Å². The van der Waals surface area contributed by atoms with Crippen LogP contribution in [0.2, 0.25) is 0 Å². The van der Waals surface area contributed by atoms with E-state index in [9.17, 15) is 19.5 Å². The highest BCUT2D eigenvalue weighted by Crippen LogP contribution is 2.45. The average molecular weight is 528 g/mol. The third kappa shape index (κ3) is 4.82. The van der Waals surface area contributed by atoms with Gasteiger partial charge < -0.3 is 14.7 Å². The summed E-state index contributed by atoms with van der Waals surface area (Å²) in [6.07, 6.45) is -1.37. The summed E-state index contributed by atoms with van der Waals surface area (Å²) in [5, 5.41) is 9.61. The van der Waals surface area contributed by atoms with E-state index in [0.717, 1.165) is 16.7 Å². The Hall–Kier alpha value is -4.33. The molecule has 2 aliphatic heterocycles. The second-order valence-corrected chi connectivity index (χ2v) is 11.0. The van der Waals surface area contributed by atoms with Gasteiger partial charge in [0.25, 0.3) is 5.91 Å². The Morgan fingerprint density at radius 1 is 0.923 bits per heavy atom. The molecule has 0 bridgehead atoms. The van der Waals surface area contributed by atoms with Gasteiger partial charge in [0.05, 0.1) is 0 Å². The van der Waals surface area contributed by atoms with Crippen LogP contribution >= 0.6 is 0 Å². The SMILES string of the molecule is CC(C)(C)N(Cc1ccc(C(=O)N2CCN3C(=O)OC(c4ccccc4)(c4ccccc4)C3C2)cc1)C(=O)O. The molecule has 2 aliphatic rings. The van der Waals surface area contributed by atoms with Gasteiger partial charge in [0.1, 0.15) is 6.04 Å². The molecule has 3 aromatic carbocycles. The van der Waals surface area contributed by atoms with Crippen LogP contribution in [0.3, 0.4) is 0 Å².